The molecule has 1 aliphatic heterocycles. The first kappa shape index (κ1) is 15.0. The lowest BCUT2D eigenvalue weighted by Gasteiger charge is -2.35. The number of aliphatic carboxylic acids is 1. The normalized spacial score (nSPS) is 22.0. The predicted octanol–water partition coefficient (Wildman–Crippen LogP) is 1.84. The Morgan fingerprint density at radius 3 is 2.64 bits per heavy atom. The van der Waals surface area contributed by atoms with E-state index in [1.807, 2.05) is 24.3 Å². The molecule has 0 aromatic heterocycles. The van der Waals surface area contributed by atoms with Crippen LogP contribution in [0.2, 0.25) is 0 Å². The Labute approximate surface area is 129 Å². The number of hydrogen-bond donors (Lipinski definition) is 1. The Bertz CT molecular complexity index is 582. The monoisotopic (exact) mass is 303 g/mol. The summed E-state index contributed by atoms with van der Waals surface area (Å²) in [5, 5.41) is 9.46. The van der Waals surface area contributed by atoms with Gasteiger partial charge in [-0.3, -0.25) is 4.79 Å². The molecule has 1 saturated carbocycles. The number of rotatable bonds is 5. The van der Waals surface area contributed by atoms with Crippen LogP contribution in [0.1, 0.15) is 30.9 Å². The summed E-state index contributed by atoms with van der Waals surface area (Å²) in [6.45, 7) is 2.64. The minimum Gasteiger partial charge on any atom is -0.480 e. The van der Waals surface area contributed by atoms with E-state index in [1.165, 1.54) is 4.90 Å². The number of ether oxygens (including phenoxy) is 1. The zero-order valence-electron chi connectivity index (χ0n) is 12.7. The van der Waals surface area contributed by atoms with Gasteiger partial charge in [0.1, 0.15) is 12.1 Å². The van der Waals surface area contributed by atoms with Gasteiger partial charge in [-0.25, -0.2) is 4.79 Å². The first-order chi connectivity index (χ1) is 10.6. The lowest BCUT2D eigenvalue weighted by atomic mass is 9.93. The molecule has 0 saturated heterocycles. The van der Waals surface area contributed by atoms with E-state index in [4.69, 9.17) is 4.74 Å². The van der Waals surface area contributed by atoms with Crippen molar-refractivity contribution in [1.82, 2.24) is 4.90 Å². The Hall–Kier alpha value is -1.88. The van der Waals surface area contributed by atoms with Gasteiger partial charge < -0.3 is 14.7 Å². The van der Waals surface area contributed by atoms with Crippen LogP contribution in [0.15, 0.2) is 24.3 Å². The third-order valence-corrected chi connectivity index (χ3v) is 4.44. The van der Waals surface area contributed by atoms with Crippen molar-refractivity contribution in [2.75, 3.05) is 6.61 Å². The van der Waals surface area contributed by atoms with Crippen LogP contribution in [-0.2, 0) is 27.3 Å². The number of nitrogens with zero attached hydrogens (tertiary/aromatic N) is 1. The summed E-state index contributed by atoms with van der Waals surface area (Å²) in [4.78, 5) is 25.6. The van der Waals surface area contributed by atoms with Crippen LogP contribution in [0.25, 0.3) is 0 Å². The molecule has 0 spiro atoms. The number of carbonyl (C=O) groups is 2. The topological polar surface area (TPSA) is 66.8 Å². The largest absolute Gasteiger partial charge is 0.480 e. The Morgan fingerprint density at radius 2 is 2.00 bits per heavy atom. The summed E-state index contributed by atoms with van der Waals surface area (Å²) in [5.74, 6) is -0.618. The average molecular weight is 303 g/mol. The van der Waals surface area contributed by atoms with Gasteiger partial charge in [0.15, 0.2) is 0 Å². The number of benzene rings is 1. The van der Waals surface area contributed by atoms with Crippen molar-refractivity contribution in [1.29, 1.82) is 0 Å². The van der Waals surface area contributed by atoms with E-state index < -0.39 is 18.1 Å². The first-order valence-corrected chi connectivity index (χ1v) is 7.78. The van der Waals surface area contributed by atoms with E-state index in [0.29, 0.717) is 25.5 Å². The number of carbonyl (C=O) groups excluding carboxylic acids is 1. The molecular formula is C17H21NO4. The van der Waals surface area contributed by atoms with Gasteiger partial charge in [-0.2, -0.15) is 0 Å². The molecule has 5 heteroatoms. The lowest BCUT2D eigenvalue weighted by Crippen LogP contribution is -2.51. The number of carboxylic acid groups (broad SMARTS) is 1. The second kappa shape index (κ2) is 6.08. The Morgan fingerprint density at radius 1 is 1.32 bits per heavy atom. The number of amides is 1. The van der Waals surface area contributed by atoms with Crippen LogP contribution in [0.4, 0.5) is 0 Å². The van der Waals surface area contributed by atoms with Crippen LogP contribution in [0, 0.1) is 5.92 Å². The van der Waals surface area contributed by atoms with Crippen molar-refractivity contribution in [3.05, 3.63) is 35.4 Å². The molecule has 3 rings (SSSR count). The molecule has 1 aliphatic carbocycles. The highest BCUT2D eigenvalue weighted by molar-refractivity contribution is 5.87. The van der Waals surface area contributed by atoms with E-state index in [-0.39, 0.29) is 5.91 Å². The summed E-state index contributed by atoms with van der Waals surface area (Å²) in [5.41, 5.74) is 2.02. The Kier molecular flexibility index (Phi) is 4.16. The highest BCUT2D eigenvalue weighted by Crippen LogP contribution is 2.30. The van der Waals surface area contributed by atoms with Gasteiger partial charge in [0, 0.05) is 13.0 Å². The molecule has 1 aromatic rings. The van der Waals surface area contributed by atoms with Gasteiger partial charge in [0.25, 0.3) is 5.91 Å². The van der Waals surface area contributed by atoms with E-state index in [1.54, 1.807) is 6.92 Å². The van der Waals surface area contributed by atoms with Crippen molar-refractivity contribution in [2.45, 2.75) is 44.9 Å². The highest BCUT2D eigenvalue weighted by Gasteiger charge is 2.36. The van der Waals surface area contributed by atoms with Crippen LogP contribution in [0.3, 0.4) is 0 Å². The van der Waals surface area contributed by atoms with Gasteiger partial charge in [-0.05, 0) is 36.8 Å². The minimum absolute atomic E-state index is 0.234. The molecule has 5 nitrogen and oxygen atoms in total. The second-order valence-electron chi connectivity index (χ2n) is 6.21. The minimum atomic E-state index is -0.961. The molecule has 22 heavy (non-hydrogen) atoms. The Balaban J connectivity index is 1.74. The zero-order chi connectivity index (χ0) is 15.7. The van der Waals surface area contributed by atoms with E-state index in [0.717, 1.165) is 24.0 Å². The van der Waals surface area contributed by atoms with Crippen molar-refractivity contribution in [2.24, 2.45) is 5.92 Å². The molecule has 1 fully saturated rings. The predicted molar refractivity (Wildman–Crippen MR) is 80.3 cm³/mol. The maximum Gasteiger partial charge on any atom is 0.326 e. The molecule has 1 aromatic carbocycles. The van der Waals surface area contributed by atoms with Gasteiger partial charge in [-0.1, -0.05) is 24.3 Å². The number of carboxylic acids is 1. The van der Waals surface area contributed by atoms with Crippen LogP contribution in [-0.4, -0.2) is 40.6 Å². The summed E-state index contributed by atoms with van der Waals surface area (Å²) >= 11 is 0. The van der Waals surface area contributed by atoms with Crippen molar-refractivity contribution >= 4 is 11.9 Å². The summed E-state index contributed by atoms with van der Waals surface area (Å²) in [6.07, 6.45) is 2.09. The van der Waals surface area contributed by atoms with Crippen molar-refractivity contribution in [3.63, 3.8) is 0 Å². The fourth-order valence-corrected chi connectivity index (χ4v) is 2.84. The van der Waals surface area contributed by atoms with Crippen molar-refractivity contribution < 1.29 is 19.4 Å². The van der Waals surface area contributed by atoms with Gasteiger partial charge >= 0.3 is 5.97 Å². The maximum absolute atomic E-state index is 12.6. The summed E-state index contributed by atoms with van der Waals surface area (Å²) in [7, 11) is 0. The van der Waals surface area contributed by atoms with E-state index in [2.05, 4.69) is 0 Å². The summed E-state index contributed by atoms with van der Waals surface area (Å²) < 4.78 is 5.61. The number of hydrogen-bond acceptors (Lipinski definition) is 3. The highest BCUT2D eigenvalue weighted by atomic mass is 16.5. The molecule has 118 valence electrons. The molecule has 0 radical (unpaired) electrons. The molecular weight excluding hydrogens is 282 g/mol. The van der Waals surface area contributed by atoms with Crippen LogP contribution >= 0.6 is 0 Å². The molecule has 1 N–H and O–H groups in total. The summed E-state index contributed by atoms with van der Waals surface area (Å²) in [6, 6.07) is 6.88. The van der Waals surface area contributed by atoms with Crippen LogP contribution in [0.5, 0.6) is 0 Å². The van der Waals surface area contributed by atoms with E-state index >= 15 is 0 Å². The fourth-order valence-electron chi connectivity index (χ4n) is 2.84. The molecule has 2 atom stereocenters. The number of fused-ring (bicyclic) bond motifs is 1. The van der Waals surface area contributed by atoms with Gasteiger partial charge in [0.2, 0.25) is 0 Å². The van der Waals surface area contributed by atoms with Gasteiger partial charge in [-0.15, -0.1) is 0 Å². The maximum atomic E-state index is 12.6. The molecule has 0 bridgehead atoms. The van der Waals surface area contributed by atoms with Crippen LogP contribution < -0.4 is 0 Å². The molecule has 2 aliphatic rings. The molecule has 1 amide bonds. The standard InChI is InChI=1S/C17H21NO4/c1-11(22-10-12-6-7-12)16(19)18-9-14-5-3-2-4-13(14)8-15(18)17(20)21/h2-5,11-12,15H,6-10H2,1H3,(H,20,21)/t11-,15+/m1/s1. The molecule has 0 unspecified atom stereocenters. The second-order valence-corrected chi connectivity index (χ2v) is 6.21. The zero-order valence-corrected chi connectivity index (χ0v) is 12.7. The smallest absolute Gasteiger partial charge is 0.326 e. The quantitative estimate of drug-likeness (QED) is 0.901. The SMILES string of the molecule is C[C@@H](OCC1CC1)C(=O)N1Cc2ccccc2C[C@H]1C(=O)O. The average Bonchev–Trinajstić information content (AvgIpc) is 3.34. The van der Waals surface area contributed by atoms with Crippen molar-refractivity contribution in [3.8, 4) is 0 Å². The lowest BCUT2D eigenvalue weighted by molar-refractivity contribution is -0.157. The first-order valence-electron chi connectivity index (χ1n) is 7.78. The third-order valence-electron chi connectivity index (χ3n) is 4.44. The van der Waals surface area contributed by atoms with Gasteiger partial charge in [0.05, 0.1) is 6.61 Å². The van der Waals surface area contributed by atoms with E-state index in [9.17, 15) is 14.7 Å². The fraction of sp³-hybridized carbons (Fsp3) is 0.529. The molecule has 1 heterocycles. The third kappa shape index (κ3) is 3.14.